The maximum absolute atomic E-state index is 12.4. The Hall–Kier alpha value is -4.00. The van der Waals surface area contributed by atoms with Crippen molar-refractivity contribution in [3.8, 4) is 23.0 Å². The van der Waals surface area contributed by atoms with Crippen LogP contribution in [-0.2, 0) is 11.4 Å². The van der Waals surface area contributed by atoms with Gasteiger partial charge >= 0.3 is 0 Å². The molecule has 1 atom stereocenters. The molecule has 0 radical (unpaired) electrons. The third-order valence-corrected chi connectivity index (χ3v) is 4.61. The van der Waals surface area contributed by atoms with Crippen LogP contribution in [0.5, 0.6) is 23.0 Å². The van der Waals surface area contributed by atoms with E-state index in [2.05, 4.69) is 10.5 Å². The van der Waals surface area contributed by atoms with Crippen LogP contribution in [0.15, 0.2) is 77.9 Å². The second-order valence-electron chi connectivity index (χ2n) is 6.78. The molecule has 31 heavy (non-hydrogen) atoms. The van der Waals surface area contributed by atoms with Gasteiger partial charge in [0.15, 0.2) is 23.0 Å². The minimum absolute atomic E-state index is 0.123. The van der Waals surface area contributed by atoms with E-state index in [-0.39, 0.29) is 12.5 Å². The molecular weight excluding hydrogens is 396 g/mol. The van der Waals surface area contributed by atoms with Gasteiger partial charge in [0, 0.05) is 0 Å². The summed E-state index contributed by atoms with van der Waals surface area (Å²) < 4.78 is 22.5. The highest BCUT2D eigenvalue weighted by Gasteiger charge is 2.26. The van der Waals surface area contributed by atoms with Gasteiger partial charge < -0.3 is 18.9 Å². The Bertz CT molecular complexity index is 1070. The van der Waals surface area contributed by atoms with Gasteiger partial charge in [0.2, 0.25) is 6.10 Å². The van der Waals surface area contributed by atoms with Crippen LogP contribution in [-0.4, -0.2) is 31.9 Å². The predicted molar refractivity (Wildman–Crippen MR) is 116 cm³/mol. The summed E-state index contributed by atoms with van der Waals surface area (Å²) in [7, 11) is 1.59. The van der Waals surface area contributed by atoms with Gasteiger partial charge in [-0.1, -0.05) is 42.5 Å². The molecule has 1 heterocycles. The summed E-state index contributed by atoms with van der Waals surface area (Å²) >= 11 is 0. The number of hydrazone groups is 1. The fourth-order valence-corrected chi connectivity index (χ4v) is 3.01. The zero-order valence-electron chi connectivity index (χ0n) is 17.0. The van der Waals surface area contributed by atoms with Gasteiger partial charge in [-0.25, -0.2) is 5.43 Å². The molecule has 158 valence electrons. The number of rotatable bonds is 7. The first kappa shape index (κ1) is 20.3. The summed E-state index contributed by atoms with van der Waals surface area (Å²) in [4.78, 5) is 12.4. The fourth-order valence-electron chi connectivity index (χ4n) is 3.01. The minimum Gasteiger partial charge on any atom is -0.493 e. The Morgan fingerprint density at radius 1 is 1.06 bits per heavy atom. The van der Waals surface area contributed by atoms with Gasteiger partial charge in [0.25, 0.3) is 5.91 Å². The van der Waals surface area contributed by atoms with E-state index in [1.807, 2.05) is 48.5 Å². The van der Waals surface area contributed by atoms with Gasteiger partial charge in [-0.2, -0.15) is 5.10 Å². The van der Waals surface area contributed by atoms with Crippen LogP contribution in [0.1, 0.15) is 11.1 Å². The van der Waals surface area contributed by atoms with Crippen molar-refractivity contribution in [1.82, 2.24) is 5.43 Å². The Morgan fingerprint density at radius 3 is 2.65 bits per heavy atom. The summed E-state index contributed by atoms with van der Waals surface area (Å²) in [5.41, 5.74) is 4.28. The number of carbonyl (C=O) groups is 1. The van der Waals surface area contributed by atoms with Gasteiger partial charge in [-0.3, -0.25) is 4.79 Å². The van der Waals surface area contributed by atoms with Crippen LogP contribution in [0.25, 0.3) is 0 Å². The topological polar surface area (TPSA) is 78.4 Å². The lowest BCUT2D eigenvalue weighted by Crippen LogP contribution is -2.42. The van der Waals surface area contributed by atoms with E-state index >= 15 is 0 Å². The Labute approximate surface area is 180 Å². The molecule has 1 aliphatic rings. The largest absolute Gasteiger partial charge is 0.493 e. The molecule has 0 spiro atoms. The fraction of sp³-hybridized carbons (Fsp3) is 0.167. The number of ether oxygens (including phenoxy) is 4. The monoisotopic (exact) mass is 418 g/mol. The van der Waals surface area contributed by atoms with Crippen molar-refractivity contribution in [1.29, 1.82) is 0 Å². The first-order valence-electron chi connectivity index (χ1n) is 9.79. The van der Waals surface area contributed by atoms with Gasteiger partial charge in [-0.05, 0) is 41.5 Å². The van der Waals surface area contributed by atoms with Crippen molar-refractivity contribution >= 4 is 12.1 Å². The number of amides is 1. The van der Waals surface area contributed by atoms with Crippen LogP contribution in [0.3, 0.4) is 0 Å². The standard InChI is InChI=1S/C24H22N2O5/c1-28-19-12-11-18(13-22(19)29-15-17-7-3-2-4-8-17)14-25-26-24(27)23-16-30-20-9-5-6-10-21(20)31-23/h2-14,23H,15-16H2,1H3,(H,26,27)/b25-14-/t23-/m1/s1. The van der Waals surface area contributed by atoms with Crippen LogP contribution < -0.4 is 24.4 Å². The number of para-hydroxylation sites is 2. The van der Waals surface area contributed by atoms with Crippen LogP contribution >= 0.6 is 0 Å². The van der Waals surface area contributed by atoms with E-state index in [0.717, 1.165) is 11.1 Å². The molecule has 0 unspecified atom stereocenters. The summed E-state index contributed by atoms with van der Waals surface area (Å²) in [6, 6.07) is 22.5. The van der Waals surface area contributed by atoms with Crippen LogP contribution in [0.2, 0.25) is 0 Å². The summed E-state index contributed by atoms with van der Waals surface area (Å²) in [5, 5.41) is 4.03. The molecule has 0 bridgehead atoms. The number of fused-ring (bicyclic) bond motifs is 1. The number of hydrogen-bond acceptors (Lipinski definition) is 6. The molecule has 7 nitrogen and oxygen atoms in total. The molecule has 1 N–H and O–H groups in total. The highest BCUT2D eigenvalue weighted by atomic mass is 16.6. The van der Waals surface area contributed by atoms with E-state index in [0.29, 0.717) is 29.6 Å². The number of nitrogens with zero attached hydrogens (tertiary/aromatic N) is 1. The molecule has 0 fully saturated rings. The predicted octanol–water partition coefficient (Wildman–Crippen LogP) is 3.56. The molecule has 3 aromatic rings. The average Bonchev–Trinajstić information content (AvgIpc) is 2.83. The first-order valence-corrected chi connectivity index (χ1v) is 9.79. The third-order valence-electron chi connectivity index (χ3n) is 4.61. The second-order valence-corrected chi connectivity index (χ2v) is 6.78. The van der Waals surface area contributed by atoms with E-state index in [1.165, 1.54) is 6.21 Å². The van der Waals surface area contributed by atoms with Gasteiger partial charge in [-0.15, -0.1) is 0 Å². The molecular formula is C24H22N2O5. The molecule has 0 aromatic heterocycles. The van der Waals surface area contributed by atoms with Crippen LogP contribution in [0.4, 0.5) is 0 Å². The SMILES string of the molecule is COc1ccc(/C=N\NC(=O)[C@H]2COc3ccccc3O2)cc1OCc1ccccc1. The van der Waals surface area contributed by atoms with E-state index in [9.17, 15) is 4.79 Å². The smallest absolute Gasteiger partial charge is 0.284 e. The zero-order valence-corrected chi connectivity index (χ0v) is 17.0. The highest BCUT2D eigenvalue weighted by Crippen LogP contribution is 2.31. The van der Waals surface area contributed by atoms with E-state index in [1.54, 1.807) is 31.4 Å². The third kappa shape index (κ3) is 5.14. The quantitative estimate of drug-likeness (QED) is 0.469. The van der Waals surface area contributed by atoms with Gasteiger partial charge in [0.05, 0.1) is 13.3 Å². The van der Waals surface area contributed by atoms with Crippen molar-refractivity contribution in [2.24, 2.45) is 5.10 Å². The lowest BCUT2D eigenvalue weighted by Gasteiger charge is -2.24. The maximum atomic E-state index is 12.4. The maximum Gasteiger partial charge on any atom is 0.284 e. The molecule has 7 heteroatoms. The number of methoxy groups -OCH3 is 1. The molecule has 1 amide bonds. The number of carbonyl (C=O) groups excluding carboxylic acids is 1. The molecule has 4 rings (SSSR count). The van der Waals surface area contributed by atoms with Crippen molar-refractivity contribution in [3.63, 3.8) is 0 Å². The Morgan fingerprint density at radius 2 is 1.84 bits per heavy atom. The molecule has 0 saturated carbocycles. The number of hydrogen-bond donors (Lipinski definition) is 1. The molecule has 3 aromatic carbocycles. The summed E-state index contributed by atoms with van der Waals surface area (Å²) in [6.45, 7) is 0.535. The number of benzene rings is 3. The Kier molecular flexibility index (Phi) is 6.32. The summed E-state index contributed by atoms with van der Waals surface area (Å²) in [5.74, 6) is 1.97. The molecule has 1 aliphatic heterocycles. The first-order chi connectivity index (χ1) is 15.2. The second kappa shape index (κ2) is 9.67. The Balaban J connectivity index is 1.36. The normalized spacial score (nSPS) is 14.8. The zero-order chi connectivity index (χ0) is 21.5. The van der Waals surface area contributed by atoms with E-state index in [4.69, 9.17) is 18.9 Å². The summed E-state index contributed by atoms with van der Waals surface area (Å²) in [6.07, 6.45) is 0.761. The lowest BCUT2D eigenvalue weighted by atomic mass is 10.2. The lowest BCUT2D eigenvalue weighted by molar-refractivity contribution is -0.130. The average molecular weight is 418 g/mol. The molecule has 0 saturated heterocycles. The van der Waals surface area contributed by atoms with E-state index < -0.39 is 6.10 Å². The minimum atomic E-state index is -0.771. The number of nitrogens with one attached hydrogen (secondary N) is 1. The molecule has 0 aliphatic carbocycles. The highest BCUT2D eigenvalue weighted by molar-refractivity contribution is 5.85. The van der Waals surface area contributed by atoms with Crippen molar-refractivity contribution in [2.45, 2.75) is 12.7 Å². The van der Waals surface area contributed by atoms with Crippen molar-refractivity contribution in [2.75, 3.05) is 13.7 Å². The van der Waals surface area contributed by atoms with Crippen molar-refractivity contribution in [3.05, 3.63) is 83.9 Å². The van der Waals surface area contributed by atoms with Crippen molar-refractivity contribution < 1.29 is 23.7 Å². The van der Waals surface area contributed by atoms with Crippen LogP contribution in [0, 0.1) is 0 Å². The van der Waals surface area contributed by atoms with Gasteiger partial charge in [0.1, 0.15) is 13.2 Å².